The third-order valence-electron chi connectivity index (χ3n) is 4.32. The van der Waals surface area contributed by atoms with Crippen LogP contribution >= 0.6 is 0 Å². The number of ether oxygens (including phenoxy) is 1. The molecule has 1 aromatic heterocycles. The molecule has 0 saturated heterocycles. The van der Waals surface area contributed by atoms with Gasteiger partial charge in [0.2, 0.25) is 0 Å². The van der Waals surface area contributed by atoms with Gasteiger partial charge in [0.1, 0.15) is 0 Å². The first-order valence-electron chi connectivity index (χ1n) is 8.71. The van der Waals surface area contributed by atoms with Gasteiger partial charge in [0.05, 0.1) is 6.42 Å². The zero-order chi connectivity index (χ0) is 18.5. The second-order valence-electron chi connectivity index (χ2n) is 6.21. The monoisotopic (exact) mass is 350 g/mol. The lowest BCUT2D eigenvalue weighted by Crippen LogP contribution is -2.30. The van der Waals surface area contributed by atoms with E-state index in [0.29, 0.717) is 5.69 Å². The first-order valence-corrected chi connectivity index (χ1v) is 8.71. The molecule has 3 rings (SSSR count). The van der Waals surface area contributed by atoms with E-state index in [-0.39, 0.29) is 12.3 Å². The number of para-hydroxylation sites is 1. The third kappa shape index (κ3) is 4.11. The van der Waals surface area contributed by atoms with E-state index in [2.05, 4.69) is 17.2 Å². The van der Waals surface area contributed by atoms with Crippen molar-refractivity contribution in [3.63, 3.8) is 0 Å². The predicted octanol–water partition coefficient (Wildman–Crippen LogP) is 3.84. The summed E-state index contributed by atoms with van der Waals surface area (Å²) in [5, 5.41) is 3.75. The van der Waals surface area contributed by atoms with Crippen LogP contribution in [0.2, 0.25) is 0 Å². The molecule has 0 fully saturated rings. The molecule has 5 nitrogen and oxygen atoms in total. The van der Waals surface area contributed by atoms with Crippen LogP contribution < -0.4 is 5.32 Å². The highest BCUT2D eigenvalue weighted by atomic mass is 16.5. The number of rotatable bonds is 6. The minimum absolute atomic E-state index is 0.118. The van der Waals surface area contributed by atoms with Crippen LogP contribution in [0.3, 0.4) is 0 Å². The van der Waals surface area contributed by atoms with E-state index in [1.807, 2.05) is 48.5 Å². The van der Waals surface area contributed by atoms with Crippen molar-refractivity contribution < 1.29 is 14.3 Å². The fraction of sp³-hybridized carbons (Fsp3) is 0.238. The van der Waals surface area contributed by atoms with Crippen molar-refractivity contribution in [3.05, 3.63) is 65.9 Å². The number of aromatic nitrogens is 1. The predicted molar refractivity (Wildman–Crippen MR) is 102 cm³/mol. The number of fused-ring (bicyclic) bond motifs is 1. The Kier molecular flexibility index (Phi) is 5.37. The maximum absolute atomic E-state index is 12.2. The number of aromatic amines is 1. The maximum atomic E-state index is 12.2. The standard InChI is InChI=1S/C21H22N2O3/c1-3-15-8-10-17(11-9-15)23-21(25)14(2)26-20(24)12-16-13-22-19-7-5-4-6-18(16)19/h4-11,13-14,22H,3,12H2,1-2H3,(H,23,25)/t14-/m0/s1. The Labute approximate surface area is 152 Å². The number of benzene rings is 2. The molecular weight excluding hydrogens is 328 g/mol. The minimum atomic E-state index is -0.862. The quantitative estimate of drug-likeness (QED) is 0.664. The number of amides is 1. The molecule has 26 heavy (non-hydrogen) atoms. The van der Waals surface area contributed by atoms with Gasteiger partial charge in [0, 0.05) is 22.8 Å². The Balaban J connectivity index is 1.56. The summed E-state index contributed by atoms with van der Waals surface area (Å²) in [6.07, 6.45) is 1.99. The van der Waals surface area contributed by atoms with Crippen LogP contribution in [0.4, 0.5) is 5.69 Å². The fourth-order valence-electron chi connectivity index (χ4n) is 2.79. The van der Waals surface area contributed by atoms with Crippen LogP contribution in [0.25, 0.3) is 10.9 Å². The molecule has 3 aromatic rings. The van der Waals surface area contributed by atoms with Crippen LogP contribution in [0.1, 0.15) is 25.0 Å². The van der Waals surface area contributed by atoms with Gasteiger partial charge in [-0.1, -0.05) is 37.3 Å². The van der Waals surface area contributed by atoms with Crippen molar-refractivity contribution in [2.45, 2.75) is 32.8 Å². The first kappa shape index (κ1) is 17.7. The first-order chi connectivity index (χ1) is 12.6. The molecule has 1 heterocycles. The Bertz CT molecular complexity index is 912. The molecule has 0 spiro atoms. The molecule has 2 N–H and O–H groups in total. The van der Waals surface area contributed by atoms with Crippen molar-refractivity contribution in [1.29, 1.82) is 0 Å². The topological polar surface area (TPSA) is 71.2 Å². The van der Waals surface area contributed by atoms with Gasteiger partial charge >= 0.3 is 5.97 Å². The Morgan fingerprint density at radius 1 is 1.12 bits per heavy atom. The lowest BCUT2D eigenvalue weighted by Gasteiger charge is -2.13. The number of carbonyl (C=O) groups excluding carboxylic acids is 2. The second-order valence-corrected chi connectivity index (χ2v) is 6.21. The number of nitrogens with one attached hydrogen (secondary N) is 2. The molecule has 134 valence electrons. The molecule has 1 atom stereocenters. The van der Waals surface area contributed by atoms with Crippen molar-refractivity contribution >= 4 is 28.5 Å². The summed E-state index contributed by atoms with van der Waals surface area (Å²) in [4.78, 5) is 27.5. The summed E-state index contributed by atoms with van der Waals surface area (Å²) in [6, 6.07) is 15.4. The number of anilines is 1. The third-order valence-corrected chi connectivity index (χ3v) is 4.32. The molecule has 0 aliphatic heterocycles. The highest BCUT2D eigenvalue weighted by Gasteiger charge is 2.19. The number of hydrogen-bond donors (Lipinski definition) is 2. The van der Waals surface area contributed by atoms with Gasteiger partial charge in [0.25, 0.3) is 5.91 Å². The summed E-state index contributed by atoms with van der Waals surface area (Å²) >= 11 is 0. The summed E-state index contributed by atoms with van der Waals surface area (Å²) in [7, 11) is 0. The summed E-state index contributed by atoms with van der Waals surface area (Å²) in [6.45, 7) is 3.64. The molecule has 0 saturated carbocycles. The van der Waals surface area contributed by atoms with Crippen molar-refractivity contribution in [2.75, 3.05) is 5.32 Å². The van der Waals surface area contributed by atoms with E-state index in [0.717, 1.165) is 22.9 Å². The minimum Gasteiger partial charge on any atom is -0.452 e. The summed E-state index contributed by atoms with van der Waals surface area (Å²) in [5.41, 5.74) is 3.71. The van der Waals surface area contributed by atoms with Crippen LogP contribution in [-0.2, 0) is 27.2 Å². The molecular formula is C21H22N2O3. The average molecular weight is 350 g/mol. The van der Waals surface area contributed by atoms with Gasteiger partial charge < -0.3 is 15.0 Å². The molecule has 0 bridgehead atoms. The van der Waals surface area contributed by atoms with Gasteiger partial charge in [-0.05, 0) is 42.7 Å². The highest BCUT2D eigenvalue weighted by Crippen LogP contribution is 2.18. The van der Waals surface area contributed by atoms with Crippen LogP contribution in [0, 0.1) is 0 Å². The molecule has 0 aliphatic carbocycles. The fourth-order valence-corrected chi connectivity index (χ4v) is 2.79. The molecule has 1 amide bonds. The highest BCUT2D eigenvalue weighted by molar-refractivity contribution is 5.95. The zero-order valence-electron chi connectivity index (χ0n) is 14.9. The number of aryl methyl sites for hydroxylation is 1. The number of carbonyl (C=O) groups is 2. The van der Waals surface area contributed by atoms with Crippen molar-refractivity contribution in [1.82, 2.24) is 4.98 Å². The number of hydrogen-bond acceptors (Lipinski definition) is 3. The molecule has 2 aromatic carbocycles. The van der Waals surface area contributed by atoms with E-state index in [1.165, 1.54) is 5.56 Å². The van der Waals surface area contributed by atoms with E-state index in [1.54, 1.807) is 13.1 Å². The molecule has 0 aliphatic rings. The molecule has 0 radical (unpaired) electrons. The van der Waals surface area contributed by atoms with Crippen LogP contribution in [0.15, 0.2) is 54.7 Å². The van der Waals surface area contributed by atoms with E-state index >= 15 is 0 Å². The molecule has 0 unspecified atom stereocenters. The van der Waals surface area contributed by atoms with Crippen molar-refractivity contribution in [2.24, 2.45) is 0 Å². The largest absolute Gasteiger partial charge is 0.452 e. The van der Waals surface area contributed by atoms with E-state index in [9.17, 15) is 9.59 Å². The Morgan fingerprint density at radius 3 is 2.58 bits per heavy atom. The molecule has 5 heteroatoms. The number of esters is 1. The SMILES string of the molecule is CCc1ccc(NC(=O)[C@H](C)OC(=O)Cc2c[nH]c3ccccc23)cc1. The summed E-state index contributed by atoms with van der Waals surface area (Å²) < 4.78 is 5.29. The number of H-pyrrole nitrogens is 1. The second kappa shape index (κ2) is 7.87. The van der Waals surface area contributed by atoms with Gasteiger partial charge in [-0.15, -0.1) is 0 Å². The van der Waals surface area contributed by atoms with Gasteiger partial charge in [-0.3, -0.25) is 9.59 Å². The van der Waals surface area contributed by atoms with Gasteiger partial charge in [-0.2, -0.15) is 0 Å². The lowest BCUT2D eigenvalue weighted by atomic mass is 10.1. The van der Waals surface area contributed by atoms with Crippen molar-refractivity contribution in [3.8, 4) is 0 Å². The van der Waals surface area contributed by atoms with E-state index in [4.69, 9.17) is 4.74 Å². The maximum Gasteiger partial charge on any atom is 0.311 e. The Morgan fingerprint density at radius 2 is 1.85 bits per heavy atom. The summed E-state index contributed by atoms with van der Waals surface area (Å²) in [5.74, 6) is -0.778. The van der Waals surface area contributed by atoms with E-state index < -0.39 is 12.1 Å². The lowest BCUT2D eigenvalue weighted by molar-refractivity contribution is -0.152. The smallest absolute Gasteiger partial charge is 0.311 e. The van der Waals surface area contributed by atoms with Crippen LogP contribution in [-0.4, -0.2) is 23.0 Å². The van der Waals surface area contributed by atoms with Gasteiger partial charge in [-0.25, -0.2) is 0 Å². The zero-order valence-corrected chi connectivity index (χ0v) is 14.9. The van der Waals surface area contributed by atoms with Gasteiger partial charge in [0.15, 0.2) is 6.10 Å². The Hall–Kier alpha value is -3.08. The normalized spacial score (nSPS) is 11.9. The van der Waals surface area contributed by atoms with Crippen LogP contribution in [0.5, 0.6) is 0 Å². The average Bonchev–Trinajstić information content (AvgIpc) is 3.05.